The number of hydrogen-bond donors (Lipinski definition) is 5. The van der Waals surface area contributed by atoms with Crippen LogP contribution in [0.3, 0.4) is 0 Å². The highest BCUT2D eigenvalue weighted by molar-refractivity contribution is 5.92. The molecule has 0 radical (unpaired) electrons. The minimum atomic E-state index is -0.600. The highest BCUT2D eigenvalue weighted by Crippen LogP contribution is 2.28. The highest BCUT2D eigenvalue weighted by atomic mass is 16.6. The lowest BCUT2D eigenvalue weighted by Crippen LogP contribution is -2.27. The molecule has 2 amide bonds. The van der Waals surface area contributed by atoms with E-state index in [1.807, 2.05) is 24.3 Å². The molecule has 0 fully saturated rings. The van der Waals surface area contributed by atoms with Gasteiger partial charge in [-0.2, -0.15) is 4.98 Å². The third kappa shape index (κ3) is 8.30. The zero-order chi connectivity index (χ0) is 29.4. The number of benzene rings is 2. The lowest BCUT2D eigenvalue weighted by atomic mass is 10.2. The lowest BCUT2D eigenvalue weighted by molar-refractivity contribution is 0.0635. The van der Waals surface area contributed by atoms with Crippen molar-refractivity contribution < 1.29 is 19.1 Å². The number of anilines is 6. The molecule has 0 aliphatic carbocycles. The maximum absolute atomic E-state index is 12.2. The predicted molar refractivity (Wildman–Crippen MR) is 159 cm³/mol. The first kappa shape index (κ1) is 28.6. The van der Waals surface area contributed by atoms with E-state index in [9.17, 15) is 9.59 Å². The van der Waals surface area contributed by atoms with Gasteiger partial charge in [0.15, 0.2) is 5.82 Å². The van der Waals surface area contributed by atoms with Crippen LogP contribution in [0.15, 0.2) is 73.1 Å². The fourth-order valence-electron chi connectivity index (χ4n) is 3.55. The molecule has 5 N–H and O–H groups in total. The van der Waals surface area contributed by atoms with Crippen molar-refractivity contribution in [3.63, 3.8) is 0 Å². The SMILES string of the molecule is CNC(=O)c1cc(Oc2ccc(Nc3ncc(NC)c(Nc4cccc(NC(=O)OC(C)(C)C)c4)n3)cc2)ccn1. The zero-order valence-electron chi connectivity index (χ0n) is 23.4. The first-order valence-electron chi connectivity index (χ1n) is 12.8. The Morgan fingerprint density at radius 3 is 2.29 bits per heavy atom. The number of aromatic nitrogens is 3. The van der Waals surface area contributed by atoms with Crippen LogP contribution in [0.5, 0.6) is 11.5 Å². The van der Waals surface area contributed by atoms with Gasteiger partial charge in [-0.05, 0) is 69.3 Å². The van der Waals surface area contributed by atoms with Gasteiger partial charge in [-0.1, -0.05) is 6.07 Å². The van der Waals surface area contributed by atoms with Crippen LogP contribution in [0.25, 0.3) is 0 Å². The Balaban J connectivity index is 1.43. The van der Waals surface area contributed by atoms with Gasteiger partial charge in [0, 0.05) is 43.4 Å². The van der Waals surface area contributed by atoms with E-state index in [0.29, 0.717) is 40.3 Å². The summed E-state index contributed by atoms with van der Waals surface area (Å²) < 4.78 is 11.2. The molecule has 4 rings (SSSR count). The van der Waals surface area contributed by atoms with E-state index in [-0.39, 0.29) is 11.6 Å². The summed E-state index contributed by atoms with van der Waals surface area (Å²) in [5.41, 5.74) is 2.36. The van der Waals surface area contributed by atoms with E-state index in [1.54, 1.807) is 77.5 Å². The molecule has 2 aromatic heterocycles. The molecular formula is C29H32N8O4. The summed E-state index contributed by atoms with van der Waals surface area (Å²) in [5, 5.41) is 14.8. The number of nitrogens with one attached hydrogen (secondary N) is 5. The summed E-state index contributed by atoms with van der Waals surface area (Å²) in [6.45, 7) is 5.42. The van der Waals surface area contributed by atoms with Gasteiger partial charge >= 0.3 is 6.09 Å². The second-order valence-electron chi connectivity index (χ2n) is 9.75. The maximum Gasteiger partial charge on any atom is 0.412 e. The average molecular weight is 557 g/mol. The first-order valence-corrected chi connectivity index (χ1v) is 12.8. The third-order valence-electron chi connectivity index (χ3n) is 5.37. The molecule has 2 aromatic carbocycles. The number of rotatable bonds is 9. The topological polar surface area (TPSA) is 151 Å². The fourth-order valence-corrected chi connectivity index (χ4v) is 3.55. The smallest absolute Gasteiger partial charge is 0.412 e. The Bertz CT molecular complexity index is 1520. The maximum atomic E-state index is 12.2. The molecule has 12 nitrogen and oxygen atoms in total. The summed E-state index contributed by atoms with van der Waals surface area (Å²) in [6.07, 6.45) is 2.64. The number of pyridine rings is 1. The molecule has 0 atom stereocenters. The van der Waals surface area contributed by atoms with Gasteiger partial charge in [0.25, 0.3) is 5.91 Å². The van der Waals surface area contributed by atoms with Crippen LogP contribution < -0.4 is 31.3 Å². The van der Waals surface area contributed by atoms with Gasteiger partial charge in [-0.25, -0.2) is 9.78 Å². The first-order chi connectivity index (χ1) is 19.6. The minimum Gasteiger partial charge on any atom is -0.457 e. The Kier molecular flexibility index (Phi) is 8.82. The Hall–Kier alpha value is -5.39. The molecule has 12 heteroatoms. The fraction of sp³-hybridized carbons (Fsp3) is 0.207. The molecule has 0 spiro atoms. The van der Waals surface area contributed by atoms with E-state index < -0.39 is 11.7 Å². The van der Waals surface area contributed by atoms with E-state index in [2.05, 4.69) is 41.5 Å². The standard InChI is InChI=1S/C29H32N8O4/c1-29(2,3)41-28(39)36-20-8-6-7-19(15-20)34-25-24(30-4)17-33-27(37-25)35-18-9-11-21(12-10-18)40-22-13-14-32-23(16-22)26(38)31-5/h6-17,30H,1-5H3,(H,31,38)(H,36,39)(H2,33,34,35,37). The molecule has 0 unspecified atom stereocenters. The molecule has 0 aliphatic heterocycles. The number of ether oxygens (including phenoxy) is 2. The van der Waals surface area contributed by atoms with Gasteiger partial charge in [0.2, 0.25) is 5.95 Å². The van der Waals surface area contributed by atoms with Gasteiger partial charge in [-0.15, -0.1) is 0 Å². The average Bonchev–Trinajstić information content (AvgIpc) is 2.93. The number of hydrogen-bond acceptors (Lipinski definition) is 10. The quantitative estimate of drug-likeness (QED) is 0.168. The van der Waals surface area contributed by atoms with E-state index in [4.69, 9.17) is 9.47 Å². The molecule has 0 aliphatic rings. The van der Waals surface area contributed by atoms with Crippen molar-refractivity contribution in [3.05, 3.63) is 78.8 Å². The predicted octanol–water partition coefficient (Wildman–Crippen LogP) is 5.90. The van der Waals surface area contributed by atoms with Gasteiger partial charge in [0.1, 0.15) is 22.8 Å². The Morgan fingerprint density at radius 1 is 0.829 bits per heavy atom. The van der Waals surface area contributed by atoms with E-state index >= 15 is 0 Å². The molecule has 212 valence electrons. The van der Waals surface area contributed by atoms with Crippen LogP contribution in [0.1, 0.15) is 31.3 Å². The third-order valence-corrected chi connectivity index (χ3v) is 5.37. The number of carbonyl (C=O) groups is 2. The highest BCUT2D eigenvalue weighted by Gasteiger charge is 2.16. The van der Waals surface area contributed by atoms with Crippen LogP contribution in [-0.2, 0) is 4.74 Å². The number of carbonyl (C=O) groups excluding carboxylic acids is 2. The van der Waals surface area contributed by atoms with Crippen LogP contribution >= 0.6 is 0 Å². The van der Waals surface area contributed by atoms with Crippen molar-refractivity contribution in [2.24, 2.45) is 0 Å². The minimum absolute atomic E-state index is 0.265. The molecule has 0 saturated carbocycles. The lowest BCUT2D eigenvalue weighted by Gasteiger charge is -2.20. The second-order valence-corrected chi connectivity index (χ2v) is 9.75. The molecule has 0 bridgehead atoms. The number of nitrogens with zero attached hydrogens (tertiary/aromatic N) is 3. The second kappa shape index (κ2) is 12.6. The van der Waals surface area contributed by atoms with Crippen LogP contribution in [0.4, 0.5) is 39.3 Å². The van der Waals surface area contributed by atoms with Gasteiger partial charge < -0.3 is 30.7 Å². The molecule has 41 heavy (non-hydrogen) atoms. The largest absolute Gasteiger partial charge is 0.457 e. The normalized spacial score (nSPS) is 10.8. The summed E-state index contributed by atoms with van der Waals surface area (Å²) >= 11 is 0. The van der Waals surface area contributed by atoms with Crippen molar-refractivity contribution in [3.8, 4) is 11.5 Å². The van der Waals surface area contributed by atoms with Gasteiger partial charge in [0.05, 0.1) is 11.9 Å². The Labute approximate surface area is 237 Å². The van der Waals surface area contributed by atoms with Crippen molar-refractivity contribution in [2.75, 3.05) is 35.4 Å². The van der Waals surface area contributed by atoms with Crippen LogP contribution in [-0.4, -0.2) is 46.6 Å². The molecular weight excluding hydrogens is 524 g/mol. The van der Waals surface area contributed by atoms with Crippen LogP contribution in [0, 0.1) is 0 Å². The van der Waals surface area contributed by atoms with Crippen molar-refractivity contribution >= 4 is 46.5 Å². The Morgan fingerprint density at radius 2 is 1.59 bits per heavy atom. The van der Waals surface area contributed by atoms with Crippen LogP contribution in [0.2, 0.25) is 0 Å². The van der Waals surface area contributed by atoms with E-state index in [1.165, 1.54) is 6.20 Å². The summed E-state index contributed by atoms with van der Waals surface area (Å²) in [7, 11) is 3.32. The molecule has 4 aromatic rings. The van der Waals surface area contributed by atoms with Crippen molar-refractivity contribution in [1.29, 1.82) is 0 Å². The van der Waals surface area contributed by atoms with E-state index in [0.717, 1.165) is 5.69 Å². The zero-order valence-corrected chi connectivity index (χ0v) is 23.4. The summed E-state index contributed by atoms with van der Waals surface area (Å²) in [6, 6.07) is 17.7. The monoisotopic (exact) mass is 556 g/mol. The molecule has 2 heterocycles. The van der Waals surface area contributed by atoms with Gasteiger partial charge in [-0.3, -0.25) is 15.1 Å². The summed E-state index contributed by atoms with van der Waals surface area (Å²) in [5.74, 6) is 1.68. The number of amides is 2. The van der Waals surface area contributed by atoms with Crippen molar-refractivity contribution in [2.45, 2.75) is 26.4 Å². The molecule has 0 saturated heterocycles. The summed E-state index contributed by atoms with van der Waals surface area (Å²) in [4.78, 5) is 37.0. The van der Waals surface area contributed by atoms with Crippen molar-refractivity contribution in [1.82, 2.24) is 20.3 Å².